The van der Waals surface area contributed by atoms with E-state index in [2.05, 4.69) is 21.5 Å². The zero-order valence-corrected chi connectivity index (χ0v) is 13.0. The monoisotopic (exact) mass is 312 g/mol. The largest absolute Gasteiger partial charge is 0.349 e. The molecule has 3 aromatic rings. The fraction of sp³-hybridized carbons (Fsp3) is 0.188. The van der Waals surface area contributed by atoms with Crippen LogP contribution in [0.5, 0.6) is 0 Å². The summed E-state index contributed by atoms with van der Waals surface area (Å²) < 4.78 is 1.67. The van der Waals surface area contributed by atoms with Crippen LogP contribution in [-0.4, -0.2) is 27.2 Å². The number of carbonyl (C=O) groups excluding carboxylic acids is 1. The lowest BCUT2D eigenvalue weighted by molar-refractivity contribution is 0.0944. The lowest BCUT2D eigenvalue weighted by atomic mass is 10.3. The predicted octanol–water partition coefficient (Wildman–Crippen LogP) is 2.61. The van der Waals surface area contributed by atoms with Gasteiger partial charge in [0.2, 0.25) is 5.82 Å². The lowest BCUT2D eigenvalue weighted by Crippen LogP contribution is -2.26. The molecule has 0 saturated carbocycles. The summed E-state index contributed by atoms with van der Waals surface area (Å²) in [7, 11) is 0. The molecule has 1 aromatic carbocycles. The molecule has 5 nitrogen and oxygen atoms in total. The smallest absolute Gasteiger partial charge is 0.290 e. The number of hydrogen-bond donors (Lipinski definition) is 1. The van der Waals surface area contributed by atoms with Crippen LogP contribution in [0.25, 0.3) is 5.69 Å². The van der Waals surface area contributed by atoms with Gasteiger partial charge in [0.25, 0.3) is 5.91 Å². The van der Waals surface area contributed by atoms with Crippen molar-refractivity contribution < 1.29 is 4.79 Å². The lowest BCUT2D eigenvalue weighted by Gasteiger charge is -2.01. The summed E-state index contributed by atoms with van der Waals surface area (Å²) in [5, 5.41) is 9.18. The van der Waals surface area contributed by atoms with Gasteiger partial charge in [0, 0.05) is 11.4 Å². The second-order valence-corrected chi connectivity index (χ2v) is 5.85. The van der Waals surface area contributed by atoms with E-state index in [0.29, 0.717) is 12.4 Å². The maximum atomic E-state index is 12.1. The second-order valence-electron chi connectivity index (χ2n) is 4.82. The van der Waals surface area contributed by atoms with Crippen molar-refractivity contribution in [2.75, 3.05) is 6.54 Å². The van der Waals surface area contributed by atoms with E-state index in [9.17, 15) is 4.79 Å². The minimum Gasteiger partial charge on any atom is -0.349 e. The Kier molecular flexibility index (Phi) is 4.29. The Morgan fingerprint density at radius 3 is 2.77 bits per heavy atom. The number of para-hydroxylation sites is 1. The van der Waals surface area contributed by atoms with Gasteiger partial charge in [-0.3, -0.25) is 4.79 Å². The van der Waals surface area contributed by atoms with E-state index in [-0.39, 0.29) is 11.7 Å². The maximum Gasteiger partial charge on any atom is 0.290 e. The van der Waals surface area contributed by atoms with Crippen molar-refractivity contribution in [3.05, 3.63) is 64.4 Å². The number of hydrogen-bond acceptors (Lipinski definition) is 4. The Morgan fingerprint density at radius 2 is 2.05 bits per heavy atom. The van der Waals surface area contributed by atoms with Gasteiger partial charge in [-0.1, -0.05) is 24.3 Å². The zero-order chi connectivity index (χ0) is 15.4. The van der Waals surface area contributed by atoms with Crippen molar-refractivity contribution >= 4 is 17.2 Å². The van der Waals surface area contributed by atoms with Gasteiger partial charge in [0.15, 0.2) is 0 Å². The molecule has 0 unspecified atom stereocenters. The van der Waals surface area contributed by atoms with Crippen molar-refractivity contribution in [3.8, 4) is 5.69 Å². The first-order valence-electron chi connectivity index (χ1n) is 7.04. The van der Waals surface area contributed by atoms with Gasteiger partial charge in [-0.15, -0.1) is 16.4 Å². The SMILES string of the molecule is Cc1nc(C(=O)NCCc2cccs2)nn1-c1ccccc1. The summed E-state index contributed by atoms with van der Waals surface area (Å²) in [4.78, 5) is 17.6. The normalized spacial score (nSPS) is 10.6. The number of amides is 1. The molecule has 0 saturated heterocycles. The van der Waals surface area contributed by atoms with Crippen molar-refractivity contribution in [2.45, 2.75) is 13.3 Å². The molecular weight excluding hydrogens is 296 g/mol. The van der Waals surface area contributed by atoms with Gasteiger partial charge in [-0.25, -0.2) is 9.67 Å². The minimum absolute atomic E-state index is 0.201. The highest BCUT2D eigenvalue weighted by Crippen LogP contribution is 2.10. The van der Waals surface area contributed by atoms with Gasteiger partial charge in [-0.05, 0) is 36.9 Å². The molecule has 22 heavy (non-hydrogen) atoms. The van der Waals surface area contributed by atoms with Crippen molar-refractivity contribution in [1.82, 2.24) is 20.1 Å². The van der Waals surface area contributed by atoms with E-state index in [1.54, 1.807) is 16.0 Å². The van der Waals surface area contributed by atoms with Crippen LogP contribution in [0.3, 0.4) is 0 Å². The molecule has 1 N–H and O–H groups in total. The van der Waals surface area contributed by atoms with Gasteiger partial charge < -0.3 is 5.32 Å². The van der Waals surface area contributed by atoms with Crippen LogP contribution in [0.4, 0.5) is 0 Å². The van der Waals surface area contributed by atoms with E-state index in [4.69, 9.17) is 0 Å². The number of aromatic nitrogens is 3. The highest BCUT2D eigenvalue weighted by Gasteiger charge is 2.14. The van der Waals surface area contributed by atoms with E-state index >= 15 is 0 Å². The third-order valence-electron chi connectivity index (χ3n) is 3.21. The number of nitrogens with one attached hydrogen (secondary N) is 1. The van der Waals surface area contributed by atoms with Crippen molar-refractivity contribution in [1.29, 1.82) is 0 Å². The molecule has 112 valence electrons. The van der Waals surface area contributed by atoms with Crippen LogP contribution in [0.2, 0.25) is 0 Å². The number of thiophene rings is 1. The van der Waals surface area contributed by atoms with E-state index in [0.717, 1.165) is 12.1 Å². The minimum atomic E-state index is -0.241. The van der Waals surface area contributed by atoms with E-state index in [1.165, 1.54) is 4.88 Å². The third kappa shape index (κ3) is 3.23. The number of benzene rings is 1. The molecule has 2 aromatic heterocycles. The van der Waals surface area contributed by atoms with Gasteiger partial charge >= 0.3 is 0 Å². The molecule has 0 radical (unpaired) electrons. The van der Waals surface area contributed by atoms with Crippen LogP contribution < -0.4 is 5.32 Å². The molecular formula is C16H16N4OS. The topological polar surface area (TPSA) is 59.8 Å². The Morgan fingerprint density at radius 1 is 1.23 bits per heavy atom. The second kappa shape index (κ2) is 6.53. The summed E-state index contributed by atoms with van der Waals surface area (Å²) >= 11 is 1.69. The molecule has 1 amide bonds. The molecule has 0 aliphatic heterocycles. The molecule has 0 atom stereocenters. The van der Waals surface area contributed by atoms with E-state index in [1.807, 2.05) is 48.7 Å². The first-order chi connectivity index (χ1) is 10.7. The average molecular weight is 312 g/mol. The Hall–Kier alpha value is -2.47. The molecule has 2 heterocycles. The van der Waals surface area contributed by atoms with Gasteiger partial charge in [0.1, 0.15) is 5.82 Å². The van der Waals surface area contributed by atoms with Crippen LogP contribution in [-0.2, 0) is 6.42 Å². The number of aryl methyl sites for hydroxylation is 1. The number of nitrogens with zero attached hydrogens (tertiary/aromatic N) is 3. The Bertz CT molecular complexity index is 750. The molecule has 6 heteroatoms. The number of carbonyl (C=O) groups is 1. The summed E-state index contributed by atoms with van der Waals surface area (Å²) in [6, 6.07) is 13.7. The standard InChI is InChI=1S/C16H16N4OS/c1-12-18-15(19-20(12)13-6-3-2-4-7-13)16(21)17-10-9-14-8-5-11-22-14/h2-8,11H,9-10H2,1H3,(H,17,21). The third-order valence-corrected chi connectivity index (χ3v) is 4.15. The fourth-order valence-electron chi connectivity index (χ4n) is 2.13. The summed E-state index contributed by atoms with van der Waals surface area (Å²) in [6.07, 6.45) is 0.821. The molecule has 0 aliphatic carbocycles. The van der Waals surface area contributed by atoms with Crippen LogP contribution in [0.15, 0.2) is 47.8 Å². The Balaban J connectivity index is 1.66. The molecule has 0 spiro atoms. The first kappa shape index (κ1) is 14.5. The number of rotatable bonds is 5. The average Bonchev–Trinajstić information content (AvgIpc) is 3.17. The quantitative estimate of drug-likeness (QED) is 0.788. The first-order valence-corrected chi connectivity index (χ1v) is 7.91. The van der Waals surface area contributed by atoms with Crippen LogP contribution in [0.1, 0.15) is 21.3 Å². The van der Waals surface area contributed by atoms with Crippen LogP contribution in [0, 0.1) is 6.92 Å². The molecule has 0 bridgehead atoms. The summed E-state index contributed by atoms with van der Waals surface area (Å²) in [5.41, 5.74) is 0.894. The molecule has 0 fully saturated rings. The summed E-state index contributed by atoms with van der Waals surface area (Å²) in [6.45, 7) is 2.42. The molecule has 0 aliphatic rings. The van der Waals surface area contributed by atoms with Gasteiger partial charge in [0.05, 0.1) is 5.69 Å². The summed E-state index contributed by atoms with van der Waals surface area (Å²) in [5.74, 6) is 0.650. The van der Waals surface area contributed by atoms with E-state index < -0.39 is 0 Å². The van der Waals surface area contributed by atoms with Crippen molar-refractivity contribution in [2.24, 2.45) is 0 Å². The fourth-order valence-corrected chi connectivity index (χ4v) is 2.84. The highest BCUT2D eigenvalue weighted by atomic mass is 32.1. The van der Waals surface area contributed by atoms with Gasteiger partial charge in [-0.2, -0.15) is 0 Å². The highest BCUT2D eigenvalue weighted by molar-refractivity contribution is 7.09. The predicted molar refractivity (Wildman–Crippen MR) is 86.5 cm³/mol. The van der Waals surface area contributed by atoms with Crippen LogP contribution >= 0.6 is 11.3 Å². The Labute approximate surface area is 132 Å². The maximum absolute atomic E-state index is 12.1. The molecule has 3 rings (SSSR count). The zero-order valence-electron chi connectivity index (χ0n) is 12.2. The van der Waals surface area contributed by atoms with Crippen molar-refractivity contribution in [3.63, 3.8) is 0 Å².